The smallest absolute Gasteiger partial charge is 0.153 e. The van der Waals surface area contributed by atoms with Gasteiger partial charge in [-0.25, -0.2) is 9.37 Å². The van der Waals surface area contributed by atoms with Crippen molar-refractivity contribution in [1.82, 2.24) is 9.38 Å². The molecule has 0 aliphatic heterocycles. The van der Waals surface area contributed by atoms with E-state index in [9.17, 15) is 4.39 Å². The first-order valence-corrected chi connectivity index (χ1v) is 6.62. The van der Waals surface area contributed by atoms with E-state index in [1.807, 2.05) is 12.1 Å². The molecule has 0 unspecified atom stereocenters. The molecule has 0 bridgehead atoms. The van der Waals surface area contributed by atoms with Gasteiger partial charge in [0.25, 0.3) is 0 Å². The number of benzene rings is 1. The van der Waals surface area contributed by atoms with Crippen LogP contribution in [0.1, 0.15) is 0 Å². The Morgan fingerprint density at radius 2 is 2.11 bits per heavy atom. The average Bonchev–Trinajstić information content (AvgIpc) is 2.72. The van der Waals surface area contributed by atoms with Crippen LogP contribution < -0.4 is 5.73 Å². The van der Waals surface area contributed by atoms with Crippen molar-refractivity contribution >= 4 is 39.0 Å². The zero-order valence-electron chi connectivity index (χ0n) is 9.57. The summed E-state index contributed by atoms with van der Waals surface area (Å²) in [6.45, 7) is 0. The van der Waals surface area contributed by atoms with Gasteiger partial charge < -0.3 is 5.73 Å². The lowest BCUT2D eigenvalue weighted by Gasteiger charge is -2.00. The van der Waals surface area contributed by atoms with Gasteiger partial charge in [-0.05, 0) is 40.2 Å². The highest BCUT2D eigenvalue weighted by Gasteiger charge is 2.14. The summed E-state index contributed by atoms with van der Waals surface area (Å²) in [7, 11) is 0. The fourth-order valence-corrected chi connectivity index (χ4v) is 2.46. The van der Waals surface area contributed by atoms with Gasteiger partial charge >= 0.3 is 0 Å². The molecular weight excluding hydrogens is 333 g/mol. The van der Waals surface area contributed by atoms with Crippen molar-refractivity contribution in [3.8, 4) is 11.3 Å². The van der Waals surface area contributed by atoms with Crippen LogP contribution in [0, 0.1) is 5.82 Å². The number of fused-ring (bicyclic) bond motifs is 1. The van der Waals surface area contributed by atoms with Crippen LogP contribution in [0.4, 0.5) is 10.2 Å². The maximum absolute atomic E-state index is 13.5. The Bertz CT molecular complexity index is 785. The molecule has 0 fully saturated rings. The predicted molar refractivity (Wildman–Crippen MR) is 77.7 cm³/mol. The summed E-state index contributed by atoms with van der Waals surface area (Å²) in [4.78, 5) is 4.43. The molecule has 2 heterocycles. The van der Waals surface area contributed by atoms with Crippen LogP contribution in [-0.4, -0.2) is 9.38 Å². The van der Waals surface area contributed by atoms with E-state index in [-0.39, 0.29) is 5.02 Å². The number of imidazole rings is 1. The molecule has 0 aliphatic carbocycles. The molecule has 0 aliphatic rings. The summed E-state index contributed by atoms with van der Waals surface area (Å²) >= 11 is 9.08. The third-order valence-corrected chi connectivity index (χ3v) is 3.76. The van der Waals surface area contributed by atoms with Crippen molar-refractivity contribution in [2.45, 2.75) is 0 Å². The highest BCUT2D eigenvalue weighted by molar-refractivity contribution is 9.10. The average molecular weight is 341 g/mol. The fraction of sp³-hybridized carbons (Fsp3) is 0. The van der Waals surface area contributed by atoms with E-state index in [2.05, 4.69) is 20.9 Å². The van der Waals surface area contributed by atoms with E-state index in [1.165, 1.54) is 12.1 Å². The van der Waals surface area contributed by atoms with Crippen molar-refractivity contribution in [3.05, 3.63) is 51.8 Å². The third kappa shape index (κ3) is 1.99. The standard InChI is InChI=1S/C13H8BrClFN3/c14-8-2-1-5-19-12(17)11(18-13(8)19)7-3-4-9(15)10(16)6-7/h1-6H,17H2. The lowest BCUT2D eigenvalue weighted by molar-refractivity contribution is 0.629. The topological polar surface area (TPSA) is 43.3 Å². The summed E-state index contributed by atoms with van der Waals surface area (Å²) in [6.07, 6.45) is 1.80. The monoisotopic (exact) mass is 339 g/mol. The second-order valence-corrected chi connectivity index (χ2v) is 5.29. The van der Waals surface area contributed by atoms with Gasteiger partial charge in [0, 0.05) is 11.8 Å². The van der Waals surface area contributed by atoms with Gasteiger partial charge in [-0.2, -0.15) is 0 Å². The number of hydrogen-bond donors (Lipinski definition) is 1. The molecule has 0 saturated heterocycles. The quantitative estimate of drug-likeness (QED) is 0.723. The third-order valence-electron chi connectivity index (χ3n) is 2.83. The lowest BCUT2D eigenvalue weighted by atomic mass is 10.1. The molecule has 0 spiro atoms. The number of halogens is 3. The van der Waals surface area contributed by atoms with Gasteiger partial charge in [0.1, 0.15) is 17.3 Å². The first-order chi connectivity index (χ1) is 9.08. The summed E-state index contributed by atoms with van der Waals surface area (Å²) in [6, 6.07) is 8.23. The minimum absolute atomic E-state index is 0.0762. The molecule has 2 aromatic heterocycles. The molecule has 0 radical (unpaired) electrons. The van der Waals surface area contributed by atoms with Crippen molar-refractivity contribution in [3.63, 3.8) is 0 Å². The second-order valence-electron chi connectivity index (χ2n) is 4.02. The summed E-state index contributed by atoms with van der Waals surface area (Å²) < 4.78 is 16.1. The number of nitrogen functional groups attached to an aromatic ring is 1. The highest BCUT2D eigenvalue weighted by atomic mass is 79.9. The van der Waals surface area contributed by atoms with E-state index in [1.54, 1.807) is 16.7 Å². The number of anilines is 1. The van der Waals surface area contributed by atoms with Crippen LogP contribution in [0.2, 0.25) is 5.02 Å². The minimum atomic E-state index is -0.491. The number of pyridine rings is 1. The highest BCUT2D eigenvalue weighted by Crippen LogP contribution is 2.30. The minimum Gasteiger partial charge on any atom is -0.383 e. The van der Waals surface area contributed by atoms with Crippen LogP contribution in [0.25, 0.3) is 16.9 Å². The number of hydrogen-bond acceptors (Lipinski definition) is 2. The van der Waals surface area contributed by atoms with Gasteiger partial charge in [-0.1, -0.05) is 17.7 Å². The van der Waals surface area contributed by atoms with Crippen LogP contribution in [0.5, 0.6) is 0 Å². The molecule has 96 valence electrons. The van der Waals surface area contributed by atoms with Gasteiger partial charge in [-0.15, -0.1) is 0 Å². The predicted octanol–water partition coefficient (Wildman–Crippen LogP) is 4.14. The Morgan fingerprint density at radius 3 is 2.79 bits per heavy atom. The first kappa shape index (κ1) is 12.4. The van der Waals surface area contributed by atoms with Crippen LogP contribution >= 0.6 is 27.5 Å². The molecule has 0 atom stereocenters. The van der Waals surface area contributed by atoms with Gasteiger partial charge in [-0.3, -0.25) is 4.40 Å². The fourth-order valence-electron chi connectivity index (χ4n) is 1.91. The maximum Gasteiger partial charge on any atom is 0.153 e. The van der Waals surface area contributed by atoms with Crippen molar-refractivity contribution < 1.29 is 4.39 Å². The molecule has 3 nitrogen and oxygen atoms in total. The molecule has 6 heteroatoms. The van der Waals surface area contributed by atoms with E-state index in [0.29, 0.717) is 22.7 Å². The van der Waals surface area contributed by atoms with E-state index in [4.69, 9.17) is 17.3 Å². The second kappa shape index (κ2) is 4.51. The molecule has 0 amide bonds. The summed E-state index contributed by atoms with van der Waals surface area (Å²) in [5.74, 6) is -0.0345. The van der Waals surface area contributed by atoms with Gasteiger partial charge in [0.05, 0.1) is 9.50 Å². The Morgan fingerprint density at radius 1 is 1.32 bits per heavy atom. The van der Waals surface area contributed by atoms with Crippen molar-refractivity contribution in [1.29, 1.82) is 0 Å². The zero-order chi connectivity index (χ0) is 13.6. The van der Waals surface area contributed by atoms with Crippen LogP contribution in [0.3, 0.4) is 0 Å². The molecule has 3 aromatic rings. The van der Waals surface area contributed by atoms with Crippen LogP contribution in [-0.2, 0) is 0 Å². The van der Waals surface area contributed by atoms with E-state index < -0.39 is 5.82 Å². The Labute approximate surface area is 122 Å². The summed E-state index contributed by atoms with van der Waals surface area (Å²) in [5, 5.41) is 0.0762. The molecule has 0 saturated carbocycles. The normalized spacial score (nSPS) is 11.1. The molecule has 2 N–H and O–H groups in total. The molecule has 19 heavy (non-hydrogen) atoms. The number of nitrogens with zero attached hydrogens (tertiary/aromatic N) is 2. The zero-order valence-corrected chi connectivity index (χ0v) is 11.9. The largest absolute Gasteiger partial charge is 0.383 e. The number of aromatic nitrogens is 2. The van der Waals surface area contributed by atoms with E-state index >= 15 is 0 Å². The molecule has 3 rings (SSSR count). The number of nitrogens with two attached hydrogens (primary N) is 1. The lowest BCUT2D eigenvalue weighted by Crippen LogP contribution is -1.94. The van der Waals surface area contributed by atoms with Crippen molar-refractivity contribution in [2.24, 2.45) is 0 Å². The van der Waals surface area contributed by atoms with Crippen LogP contribution in [0.15, 0.2) is 41.0 Å². The summed E-state index contributed by atoms with van der Waals surface area (Å²) in [5.41, 5.74) is 7.86. The van der Waals surface area contributed by atoms with Gasteiger partial charge in [0.15, 0.2) is 5.65 Å². The SMILES string of the molecule is Nc1c(-c2ccc(Cl)c(F)c2)nc2c(Br)cccn12. The Balaban J connectivity index is 2.28. The molecule has 1 aromatic carbocycles. The Kier molecular flexibility index (Phi) is 2.95. The van der Waals surface area contributed by atoms with Gasteiger partial charge in [0.2, 0.25) is 0 Å². The first-order valence-electron chi connectivity index (χ1n) is 5.45. The van der Waals surface area contributed by atoms with E-state index in [0.717, 1.165) is 4.47 Å². The Hall–Kier alpha value is -1.59. The number of rotatable bonds is 1. The maximum atomic E-state index is 13.5. The van der Waals surface area contributed by atoms with Crippen molar-refractivity contribution in [2.75, 3.05) is 5.73 Å². The molecular formula is C13H8BrClFN3.